The van der Waals surface area contributed by atoms with Gasteiger partial charge in [0.05, 0.1) is 16.5 Å². The fraction of sp³-hybridized carbons (Fsp3) is 0.467. The Morgan fingerprint density at radius 3 is 3.00 bits per heavy atom. The van der Waals surface area contributed by atoms with Gasteiger partial charge >= 0.3 is 0 Å². The lowest BCUT2D eigenvalue weighted by Crippen LogP contribution is -2.53. The predicted octanol–water partition coefficient (Wildman–Crippen LogP) is 2.54. The van der Waals surface area contributed by atoms with Crippen LogP contribution in [0.25, 0.3) is 10.9 Å². The Kier molecular flexibility index (Phi) is 3.12. The summed E-state index contributed by atoms with van der Waals surface area (Å²) in [5.74, 6) is 1.31. The number of hydrogen-bond acceptors (Lipinski definition) is 3. The van der Waals surface area contributed by atoms with Crippen LogP contribution in [0, 0.1) is 11.8 Å². The molecule has 3 heterocycles. The lowest BCUT2D eigenvalue weighted by Gasteiger charge is -2.42. The number of aromatic amines is 1. The van der Waals surface area contributed by atoms with Crippen molar-refractivity contribution >= 4 is 34.2 Å². The lowest BCUT2D eigenvalue weighted by atomic mass is 9.73. The number of hydrogen-bond donors (Lipinski definition) is 3. The zero-order chi connectivity index (χ0) is 14.4. The third kappa shape index (κ3) is 2.21. The summed E-state index contributed by atoms with van der Waals surface area (Å²) in [6.07, 6.45) is 3.31. The Morgan fingerprint density at radius 2 is 2.29 bits per heavy atom. The first-order valence-electron chi connectivity index (χ1n) is 7.39. The molecule has 2 saturated heterocycles. The van der Waals surface area contributed by atoms with E-state index in [1.807, 2.05) is 12.1 Å². The molecule has 2 aliphatic heterocycles. The van der Waals surface area contributed by atoms with Crippen LogP contribution in [0.5, 0.6) is 0 Å². The van der Waals surface area contributed by atoms with Gasteiger partial charge in [0.25, 0.3) is 0 Å². The average molecular weight is 305 g/mol. The van der Waals surface area contributed by atoms with Gasteiger partial charge in [-0.1, -0.05) is 17.7 Å². The van der Waals surface area contributed by atoms with E-state index in [-0.39, 0.29) is 11.8 Å². The van der Waals surface area contributed by atoms with Crippen LogP contribution in [0.15, 0.2) is 18.2 Å². The number of carbonyl (C=O) groups excluding carboxylic acids is 1. The molecule has 1 aromatic carbocycles. The van der Waals surface area contributed by atoms with E-state index < -0.39 is 0 Å². The quantitative estimate of drug-likeness (QED) is 0.798. The molecule has 1 amide bonds. The van der Waals surface area contributed by atoms with Crippen LogP contribution in [0.2, 0.25) is 5.02 Å². The Hall–Kier alpha value is -1.59. The average Bonchev–Trinajstić information content (AvgIpc) is 2.93. The largest absolute Gasteiger partial charge is 0.313 e. The van der Waals surface area contributed by atoms with Crippen LogP contribution in [0.4, 0.5) is 5.82 Å². The topological polar surface area (TPSA) is 69.8 Å². The number of fused-ring (bicyclic) bond motifs is 4. The van der Waals surface area contributed by atoms with Crippen LogP contribution in [0.1, 0.15) is 19.3 Å². The first-order chi connectivity index (χ1) is 10.2. The molecule has 110 valence electrons. The summed E-state index contributed by atoms with van der Waals surface area (Å²) >= 11 is 6.11. The SMILES string of the molecule is O=C(Nc1n[nH]c2c(Cl)cccc12)C1CC2CCC1NC2. The smallest absolute Gasteiger partial charge is 0.230 e. The van der Waals surface area contributed by atoms with Crippen LogP contribution in [-0.2, 0) is 4.79 Å². The van der Waals surface area contributed by atoms with Crippen LogP contribution in [0.3, 0.4) is 0 Å². The molecule has 3 N–H and O–H groups in total. The van der Waals surface area contributed by atoms with Crippen molar-refractivity contribution in [1.29, 1.82) is 0 Å². The molecule has 3 unspecified atom stereocenters. The maximum atomic E-state index is 12.5. The number of nitrogens with zero attached hydrogens (tertiary/aromatic N) is 1. The fourth-order valence-corrected chi connectivity index (χ4v) is 3.82. The van der Waals surface area contributed by atoms with Gasteiger partial charge in [-0.25, -0.2) is 0 Å². The first-order valence-corrected chi connectivity index (χ1v) is 7.77. The van der Waals surface area contributed by atoms with E-state index in [9.17, 15) is 4.79 Å². The van der Waals surface area contributed by atoms with Crippen LogP contribution in [-0.4, -0.2) is 28.7 Å². The molecule has 5 nitrogen and oxygen atoms in total. The van der Waals surface area contributed by atoms with E-state index in [1.165, 1.54) is 6.42 Å². The molecular formula is C15H17ClN4O. The van der Waals surface area contributed by atoms with Gasteiger partial charge in [0, 0.05) is 11.4 Å². The van der Waals surface area contributed by atoms with E-state index in [0.29, 0.717) is 22.8 Å². The second-order valence-electron chi connectivity index (χ2n) is 6.02. The van der Waals surface area contributed by atoms with Crippen molar-refractivity contribution in [1.82, 2.24) is 15.5 Å². The third-order valence-corrected chi connectivity index (χ3v) is 5.07. The van der Waals surface area contributed by atoms with Crippen molar-refractivity contribution in [2.45, 2.75) is 25.3 Å². The fourth-order valence-electron chi connectivity index (χ4n) is 3.61. The third-order valence-electron chi connectivity index (χ3n) is 4.75. The highest BCUT2D eigenvalue weighted by Crippen LogP contribution is 2.35. The number of anilines is 1. The molecule has 3 fully saturated rings. The standard InChI is InChI=1S/C15H17ClN4O/c16-11-3-1-2-9-13(11)19-20-14(9)18-15(21)10-6-8-4-5-12(10)17-7-8/h1-3,8,10,12,17H,4-7H2,(H2,18,19,20,21). The summed E-state index contributed by atoms with van der Waals surface area (Å²) in [6, 6.07) is 5.88. The first kappa shape index (κ1) is 13.1. The molecule has 1 aromatic heterocycles. The van der Waals surface area contributed by atoms with E-state index in [0.717, 1.165) is 30.3 Å². The minimum absolute atomic E-state index is 0.0448. The maximum absolute atomic E-state index is 12.5. The van der Waals surface area contributed by atoms with Gasteiger partial charge < -0.3 is 10.6 Å². The van der Waals surface area contributed by atoms with Gasteiger partial charge in [0.15, 0.2) is 5.82 Å². The molecule has 5 rings (SSSR count). The molecule has 0 spiro atoms. The highest BCUT2D eigenvalue weighted by molar-refractivity contribution is 6.35. The Balaban J connectivity index is 1.57. The van der Waals surface area contributed by atoms with Crippen LogP contribution >= 0.6 is 11.6 Å². The van der Waals surface area contributed by atoms with E-state index in [1.54, 1.807) is 6.07 Å². The zero-order valence-electron chi connectivity index (χ0n) is 11.5. The molecule has 2 aromatic rings. The summed E-state index contributed by atoms with van der Waals surface area (Å²) in [4.78, 5) is 12.5. The van der Waals surface area contributed by atoms with E-state index in [4.69, 9.17) is 11.6 Å². The number of halogens is 1. The van der Waals surface area contributed by atoms with Crippen molar-refractivity contribution < 1.29 is 4.79 Å². The Bertz CT molecular complexity index is 690. The highest BCUT2D eigenvalue weighted by Gasteiger charge is 2.39. The number of piperidine rings is 2. The second kappa shape index (κ2) is 5.00. The summed E-state index contributed by atoms with van der Waals surface area (Å²) in [5, 5.41) is 15.0. The zero-order valence-corrected chi connectivity index (χ0v) is 12.3. The van der Waals surface area contributed by atoms with E-state index >= 15 is 0 Å². The van der Waals surface area contributed by atoms with Gasteiger partial charge in [-0.05, 0) is 43.9 Å². The monoisotopic (exact) mass is 304 g/mol. The number of H-pyrrole nitrogens is 1. The van der Waals surface area contributed by atoms with Gasteiger partial charge in [0.1, 0.15) is 0 Å². The number of para-hydroxylation sites is 1. The van der Waals surface area contributed by atoms with Gasteiger partial charge in [-0.2, -0.15) is 5.10 Å². The van der Waals surface area contributed by atoms with Crippen LogP contribution < -0.4 is 10.6 Å². The number of carbonyl (C=O) groups is 1. The molecule has 1 aliphatic carbocycles. The number of benzene rings is 1. The Morgan fingerprint density at radius 1 is 1.38 bits per heavy atom. The number of aromatic nitrogens is 2. The van der Waals surface area contributed by atoms with Crippen molar-refractivity contribution in [3.8, 4) is 0 Å². The summed E-state index contributed by atoms with van der Waals surface area (Å²) < 4.78 is 0. The number of rotatable bonds is 2. The van der Waals surface area contributed by atoms with Crippen molar-refractivity contribution in [3.63, 3.8) is 0 Å². The minimum atomic E-state index is 0.0448. The molecule has 2 bridgehead atoms. The van der Waals surface area contributed by atoms with Crippen molar-refractivity contribution in [2.24, 2.45) is 11.8 Å². The summed E-state index contributed by atoms with van der Waals surface area (Å²) in [7, 11) is 0. The lowest BCUT2D eigenvalue weighted by molar-refractivity contribution is -0.123. The molecule has 21 heavy (non-hydrogen) atoms. The summed E-state index contributed by atoms with van der Waals surface area (Å²) in [5.41, 5.74) is 0.762. The highest BCUT2D eigenvalue weighted by atomic mass is 35.5. The minimum Gasteiger partial charge on any atom is -0.313 e. The normalized spacial score (nSPS) is 28.0. The summed E-state index contributed by atoms with van der Waals surface area (Å²) in [6.45, 7) is 1.05. The van der Waals surface area contributed by atoms with Gasteiger partial charge in [0.2, 0.25) is 5.91 Å². The molecule has 3 aliphatic rings. The van der Waals surface area contributed by atoms with Crippen molar-refractivity contribution in [2.75, 3.05) is 11.9 Å². The van der Waals surface area contributed by atoms with Gasteiger partial charge in [-0.3, -0.25) is 9.89 Å². The Labute approximate surface area is 127 Å². The molecular weight excluding hydrogens is 288 g/mol. The maximum Gasteiger partial charge on any atom is 0.230 e. The van der Waals surface area contributed by atoms with E-state index in [2.05, 4.69) is 20.8 Å². The van der Waals surface area contributed by atoms with Gasteiger partial charge in [-0.15, -0.1) is 0 Å². The molecule has 3 atom stereocenters. The number of amides is 1. The molecule has 0 radical (unpaired) electrons. The molecule has 6 heteroatoms. The number of nitrogens with one attached hydrogen (secondary N) is 3. The molecule has 1 saturated carbocycles. The predicted molar refractivity (Wildman–Crippen MR) is 82.4 cm³/mol. The van der Waals surface area contributed by atoms with Crippen molar-refractivity contribution in [3.05, 3.63) is 23.2 Å². The second-order valence-corrected chi connectivity index (χ2v) is 6.43.